The van der Waals surface area contributed by atoms with Crippen LogP contribution in [0.5, 0.6) is 0 Å². The van der Waals surface area contributed by atoms with Crippen LogP contribution in [0.15, 0.2) is 0 Å². The van der Waals surface area contributed by atoms with E-state index in [2.05, 4.69) is 52.1 Å². The number of hydrogen-bond donors (Lipinski definition) is 1. The van der Waals surface area contributed by atoms with Gasteiger partial charge in [0, 0.05) is 14.3 Å². The third kappa shape index (κ3) is 2.88. The number of aliphatic hydroxyl groups excluding tert-OH is 1. The van der Waals surface area contributed by atoms with Crippen molar-refractivity contribution in [1.29, 1.82) is 0 Å². The lowest BCUT2D eigenvalue weighted by molar-refractivity contribution is 0.169. The zero-order valence-corrected chi connectivity index (χ0v) is 9.85. The quantitative estimate of drug-likeness (QED) is 0.607. The minimum Gasteiger partial charge on any atom is -0.396 e. The second-order valence-electron chi connectivity index (χ2n) is 2.28. The van der Waals surface area contributed by atoms with Gasteiger partial charge in [0.1, 0.15) is 0 Å². The van der Waals surface area contributed by atoms with E-state index in [1.807, 2.05) is 0 Å². The first-order chi connectivity index (χ1) is 4.24. The van der Waals surface area contributed by atoms with E-state index in [0.717, 1.165) is 15.3 Å². The molecule has 56 valence electrons. The van der Waals surface area contributed by atoms with E-state index in [0.29, 0.717) is 6.61 Å². The molecule has 9 heavy (non-hydrogen) atoms. The van der Waals surface area contributed by atoms with Crippen LogP contribution in [-0.2, 0) is 0 Å². The highest BCUT2D eigenvalue weighted by molar-refractivity contribution is 14.1. The van der Waals surface area contributed by atoms with Crippen molar-refractivity contribution in [2.24, 2.45) is 5.41 Å². The Labute approximate surface area is 83.9 Å². The van der Waals surface area contributed by atoms with Gasteiger partial charge in [0.2, 0.25) is 0 Å². The Morgan fingerprint density at radius 1 is 1.33 bits per heavy atom. The number of aliphatic hydroxyl groups is 1. The summed E-state index contributed by atoms with van der Waals surface area (Å²) >= 11 is 4.68. The highest BCUT2D eigenvalue weighted by atomic mass is 127. The predicted molar refractivity (Wildman–Crippen MR) is 57.6 cm³/mol. The molecular formula is C6H12I2O. The molecule has 0 fully saturated rings. The Hall–Kier alpha value is 1.42. The van der Waals surface area contributed by atoms with E-state index in [1.165, 1.54) is 0 Å². The fourth-order valence-corrected chi connectivity index (χ4v) is 3.55. The maximum atomic E-state index is 8.97. The molecule has 0 aliphatic carbocycles. The first kappa shape index (κ1) is 10.4. The highest BCUT2D eigenvalue weighted by Crippen LogP contribution is 2.26. The highest BCUT2D eigenvalue weighted by Gasteiger charge is 2.23. The van der Waals surface area contributed by atoms with Crippen LogP contribution < -0.4 is 0 Å². The molecule has 0 bridgehead atoms. The molecule has 0 radical (unpaired) electrons. The van der Waals surface area contributed by atoms with E-state index in [-0.39, 0.29) is 5.41 Å². The molecule has 0 aromatic carbocycles. The Morgan fingerprint density at radius 2 is 1.78 bits per heavy atom. The number of alkyl halides is 2. The number of rotatable bonds is 4. The number of halogens is 2. The van der Waals surface area contributed by atoms with E-state index in [4.69, 9.17) is 5.11 Å². The summed E-state index contributed by atoms with van der Waals surface area (Å²) in [6.07, 6.45) is 1.08. The Bertz CT molecular complexity index is 53.9. The van der Waals surface area contributed by atoms with Crippen LogP contribution in [0.25, 0.3) is 0 Å². The van der Waals surface area contributed by atoms with Crippen LogP contribution in [0, 0.1) is 5.41 Å². The summed E-state index contributed by atoms with van der Waals surface area (Å²) in [7, 11) is 0. The van der Waals surface area contributed by atoms with E-state index in [1.54, 1.807) is 0 Å². The SMILES string of the molecule is CCC(CO)(CI)CI. The van der Waals surface area contributed by atoms with Crippen molar-refractivity contribution in [2.75, 3.05) is 15.5 Å². The minimum atomic E-state index is 0.196. The fourth-order valence-electron chi connectivity index (χ4n) is 0.421. The van der Waals surface area contributed by atoms with Crippen LogP contribution >= 0.6 is 45.2 Å². The van der Waals surface area contributed by atoms with Gasteiger partial charge in [0.25, 0.3) is 0 Å². The molecule has 0 aliphatic rings. The van der Waals surface area contributed by atoms with E-state index in [9.17, 15) is 0 Å². The molecule has 0 rings (SSSR count). The van der Waals surface area contributed by atoms with Crippen LogP contribution in [0.3, 0.4) is 0 Å². The number of hydrogen-bond acceptors (Lipinski definition) is 1. The lowest BCUT2D eigenvalue weighted by Gasteiger charge is -2.25. The van der Waals surface area contributed by atoms with Gasteiger partial charge in [-0.05, 0) is 6.42 Å². The third-order valence-electron chi connectivity index (χ3n) is 1.65. The van der Waals surface area contributed by atoms with Crippen molar-refractivity contribution in [1.82, 2.24) is 0 Å². The van der Waals surface area contributed by atoms with Crippen LogP contribution in [0.2, 0.25) is 0 Å². The molecule has 3 heteroatoms. The topological polar surface area (TPSA) is 20.2 Å². The standard InChI is InChI=1S/C6H12I2O/c1-2-6(3-7,4-8)5-9/h9H,2-5H2,1H3. The molecule has 0 aromatic rings. The summed E-state index contributed by atoms with van der Waals surface area (Å²) in [5.41, 5.74) is 0.196. The van der Waals surface area contributed by atoms with Gasteiger partial charge < -0.3 is 5.11 Å². The van der Waals surface area contributed by atoms with Crippen molar-refractivity contribution >= 4 is 45.2 Å². The molecule has 0 heterocycles. The van der Waals surface area contributed by atoms with E-state index >= 15 is 0 Å². The maximum absolute atomic E-state index is 8.97. The largest absolute Gasteiger partial charge is 0.396 e. The molecular weight excluding hydrogens is 342 g/mol. The summed E-state index contributed by atoms with van der Waals surface area (Å²) in [5.74, 6) is 0. The van der Waals surface area contributed by atoms with Gasteiger partial charge in [0.15, 0.2) is 0 Å². The summed E-state index contributed by atoms with van der Waals surface area (Å²) < 4.78 is 2.11. The van der Waals surface area contributed by atoms with Gasteiger partial charge in [-0.25, -0.2) is 0 Å². The van der Waals surface area contributed by atoms with Crippen LogP contribution in [0.4, 0.5) is 0 Å². The summed E-state index contributed by atoms with van der Waals surface area (Å²) in [4.78, 5) is 0. The lowest BCUT2D eigenvalue weighted by atomic mass is 9.92. The van der Waals surface area contributed by atoms with Crippen LogP contribution in [0.1, 0.15) is 13.3 Å². The van der Waals surface area contributed by atoms with Gasteiger partial charge in [-0.1, -0.05) is 52.1 Å². The van der Waals surface area contributed by atoms with Gasteiger partial charge in [-0.3, -0.25) is 0 Å². The summed E-state index contributed by atoms with van der Waals surface area (Å²) in [6.45, 7) is 2.46. The third-order valence-corrected chi connectivity index (χ3v) is 4.89. The average molecular weight is 354 g/mol. The van der Waals surface area contributed by atoms with E-state index < -0.39 is 0 Å². The van der Waals surface area contributed by atoms with Crippen molar-refractivity contribution < 1.29 is 5.11 Å². The molecule has 0 spiro atoms. The molecule has 0 saturated carbocycles. The van der Waals surface area contributed by atoms with Crippen molar-refractivity contribution in [2.45, 2.75) is 13.3 Å². The lowest BCUT2D eigenvalue weighted by Crippen LogP contribution is -2.27. The average Bonchev–Trinajstić information content (AvgIpc) is 1.95. The summed E-state index contributed by atoms with van der Waals surface area (Å²) in [5, 5.41) is 8.97. The first-order valence-corrected chi connectivity index (χ1v) is 6.02. The van der Waals surface area contributed by atoms with Crippen molar-refractivity contribution in [3.05, 3.63) is 0 Å². The molecule has 0 aromatic heterocycles. The predicted octanol–water partition coefficient (Wildman–Crippen LogP) is 2.25. The van der Waals surface area contributed by atoms with Crippen molar-refractivity contribution in [3.63, 3.8) is 0 Å². The Balaban J connectivity index is 3.82. The van der Waals surface area contributed by atoms with Gasteiger partial charge in [-0.2, -0.15) is 0 Å². The second kappa shape index (κ2) is 5.12. The second-order valence-corrected chi connectivity index (χ2v) is 3.80. The Kier molecular flexibility index (Phi) is 5.93. The van der Waals surface area contributed by atoms with Gasteiger partial charge in [-0.15, -0.1) is 0 Å². The molecule has 1 nitrogen and oxygen atoms in total. The van der Waals surface area contributed by atoms with Crippen LogP contribution in [-0.4, -0.2) is 20.6 Å². The molecule has 1 N–H and O–H groups in total. The fraction of sp³-hybridized carbons (Fsp3) is 1.00. The first-order valence-electron chi connectivity index (χ1n) is 2.97. The Morgan fingerprint density at radius 3 is 1.78 bits per heavy atom. The maximum Gasteiger partial charge on any atom is 0.0502 e. The molecule has 0 atom stereocenters. The minimum absolute atomic E-state index is 0.196. The monoisotopic (exact) mass is 354 g/mol. The van der Waals surface area contributed by atoms with Gasteiger partial charge in [0.05, 0.1) is 6.61 Å². The molecule has 0 saturated heterocycles. The molecule has 0 unspecified atom stereocenters. The zero-order valence-electron chi connectivity index (χ0n) is 5.53. The molecule has 0 aliphatic heterocycles. The summed E-state index contributed by atoms with van der Waals surface area (Å²) in [6, 6.07) is 0. The smallest absolute Gasteiger partial charge is 0.0502 e. The molecule has 0 amide bonds. The zero-order chi connectivity index (χ0) is 7.33. The normalized spacial score (nSPS) is 12.0. The van der Waals surface area contributed by atoms with Crippen molar-refractivity contribution in [3.8, 4) is 0 Å². The van der Waals surface area contributed by atoms with Gasteiger partial charge >= 0.3 is 0 Å².